The maximum Gasteiger partial charge on any atom is 0.306 e. The molecule has 0 rings (SSSR count). The topological polar surface area (TPSA) is 111 Å². The molecule has 0 fully saturated rings. The van der Waals surface area contributed by atoms with Gasteiger partial charge in [0, 0.05) is 12.8 Å². The summed E-state index contributed by atoms with van der Waals surface area (Å²) in [5.41, 5.74) is 0. The van der Waals surface area contributed by atoms with Crippen LogP contribution in [0, 0.1) is 0 Å². The average molecular weight is 987 g/mol. The Bertz CT molecular complexity index is 1290. The molecule has 2 atom stereocenters. The molecule has 2 unspecified atom stereocenters. The van der Waals surface area contributed by atoms with Gasteiger partial charge in [0.25, 0.3) is 0 Å². The van der Waals surface area contributed by atoms with Gasteiger partial charge in [0.05, 0.1) is 40.3 Å². The van der Waals surface area contributed by atoms with Gasteiger partial charge in [-0.25, -0.2) is 0 Å². The Morgan fingerprint density at radius 1 is 0.429 bits per heavy atom. The number of aliphatic carboxylic acids is 1. The van der Waals surface area contributed by atoms with Crippen molar-refractivity contribution in [1.29, 1.82) is 0 Å². The van der Waals surface area contributed by atoms with E-state index in [1.54, 1.807) is 0 Å². The third-order valence-electron chi connectivity index (χ3n) is 12.8. The van der Waals surface area contributed by atoms with Crippen LogP contribution in [0.1, 0.15) is 264 Å². The number of unbranched alkanes of at least 4 members (excludes halogenated alkanes) is 31. The zero-order chi connectivity index (χ0) is 51.3. The van der Waals surface area contributed by atoms with Crippen molar-refractivity contribution in [2.24, 2.45) is 0 Å². The van der Waals surface area contributed by atoms with E-state index in [0.717, 1.165) is 57.8 Å². The summed E-state index contributed by atoms with van der Waals surface area (Å²) in [4.78, 5) is 37.3. The lowest BCUT2D eigenvalue weighted by Crippen LogP contribution is -2.44. The number of quaternary nitrogens is 1. The number of ether oxygens (including phenoxy) is 4. The van der Waals surface area contributed by atoms with Gasteiger partial charge in [0.15, 0.2) is 12.4 Å². The van der Waals surface area contributed by atoms with Crippen LogP contribution in [-0.2, 0) is 33.3 Å². The van der Waals surface area contributed by atoms with E-state index in [4.69, 9.17) is 18.9 Å². The summed E-state index contributed by atoms with van der Waals surface area (Å²) < 4.78 is 22.7. The summed E-state index contributed by atoms with van der Waals surface area (Å²) in [6.07, 6.45) is 61.5. The Labute approximate surface area is 432 Å². The molecule has 0 saturated carbocycles. The summed E-state index contributed by atoms with van der Waals surface area (Å²) in [6.45, 7) is 4.74. The monoisotopic (exact) mass is 986 g/mol. The number of carboxylic acids is 1. The van der Waals surface area contributed by atoms with Gasteiger partial charge < -0.3 is 33.3 Å². The van der Waals surface area contributed by atoms with Gasteiger partial charge in [-0.3, -0.25) is 9.59 Å². The smallest absolute Gasteiger partial charge is 0.306 e. The van der Waals surface area contributed by atoms with Crippen LogP contribution in [0.2, 0.25) is 0 Å². The maximum absolute atomic E-state index is 12.9. The van der Waals surface area contributed by atoms with E-state index < -0.39 is 24.3 Å². The van der Waals surface area contributed by atoms with Crippen LogP contribution in [0.5, 0.6) is 0 Å². The third kappa shape index (κ3) is 53.1. The van der Waals surface area contributed by atoms with Crippen molar-refractivity contribution in [3.63, 3.8) is 0 Å². The number of allylic oxidation sites excluding steroid dienone is 8. The van der Waals surface area contributed by atoms with E-state index >= 15 is 0 Å². The largest absolute Gasteiger partial charge is 0.545 e. The molecule has 0 radical (unpaired) electrons. The van der Waals surface area contributed by atoms with Gasteiger partial charge in [0.2, 0.25) is 0 Å². The van der Waals surface area contributed by atoms with Crippen LogP contribution in [0.3, 0.4) is 0 Å². The highest BCUT2D eigenvalue weighted by Gasteiger charge is 2.22. The minimum Gasteiger partial charge on any atom is -0.545 e. The first-order valence-corrected chi connectivity index (χ1v) is 29.3. The zero-order valence-electron chi connectivity index (χ0n) is 46.4. The minimum atomic E-state index is -1.62. The molecular formula is C61H111NO8. The number of carboxylic acid groups (broad SMARTS) is 1. The van der Waals surface area contributed by atoms with E-state index in [1.807, 2.05) is 21.1 Å². The highest BCUT2D eigenvalue weighted by molar-refractivity contribution is 5.70. The minimum absolute atomic E-state index is 0.146. The molecule has 0 aliphatic rings. The lowest BCUT2D eigenvalue weighted by molar-refractivity contribution is -0.870. The second-order valence-electron chi connectivity index (χ2n) is 20.9. The number of esters is 2. The molecule has 0 aliphatic carbocycles. The highest BCUT2D eigenvalue weighted by Crippen LogP contribution is 2.16. The molecule has 0 spiro atoms. The van der Waals surface area contributed by atoms with Crippen molar-refractivity contribution in [1.82, 2.24) is 0 Å². The molecule has 9 nitrogen and oxygen atoms in total. The molecule has 0 bridgehead atoms. The number of likely N-dealkylation sites (N-methyl/N-ethyl adjacent to an activating group) is 1. The standard InChI is InChI=1S/C61H111NO8/c1-6-8-10-12-14-16-18-20-22-24-26-27-28-29-30-31-32-33-34-36-38-40-42-44-46-48-50-52-59(64)70-57(56-69-61(60(65)66)67-54-53-62(3,4)5)55-68-58(63)51-49-47-45-43-41-39-37-35-25-23-21-19-17-15-13-11-9-7-2/h17-20,23-26,57,61H,6-16,21-22,27-56H2,1-5H3/b19-17-,20-18-,25-23-,26-24-. The van der Waals surface area contributed by atoms with Crippen molar-refractivity contribution < 1.29 is 42.9 Å². The van der Waals surface area contributed by atoms with Gasteiger partial charge in [-0.05, 0) is 77.0 Å². The predicted octanol–water partition coefficient (Wildman–Crippen LogP) is 15.7. The third-order valence-corrected chi connectivity index (χ3v) is 12.8. The number of carbonyl (C=O) groups excluding carboxylic acids is 3. The molecule has 9 heteroatoms. The maximum atomic E-state index is 12.9. The van der Waals surface area contributed by atoms with Crippen LogP contribution in [0.15, 0.2) is 48.6 Å². The first-order chi connectivity index (χ1) is 34.1. The lowest BCUT2D eigenvalue weighted by Gasteiger charge is -2.26. The lowest BCUT2D eigenvalue weighted by atomic mass is 10.0. The summed E-state index contributed by atoms with van der Waals surface area (Å²) in [6, 6.07) is 0. The van der Waals surface area contributed by atoms with Crippen LogP contribution in [-0.4, -0.2) is 82.3 Å². The van der Waals surface area contributed by atoms with E-state index in [9.17, 15) is 19.5 Å². The predicted molar refractivity (Wildman–Crippen MR) is 292 cm³/mol. The SMILES string of the molecule is CCCCCC/C=C\C/C=C\CCCCCCCCCC(=O)OCC(COC(OCC[N+](C)(C)C)C(=O)[O-])OC(=O)CCCCCCCCCCCCCCCCC/C=C\C/C=C\CCCCCCC. The van der Waals surface area contributed by atoms with Gasteiger partial charge in [-0.15, -0.1) is 0 Å². The summed E-state index contributed by atoms with van der Waals surface area (Å²) in [5.74, 6) is -2.28. The second kappa shape index (κ2) is 52.6. The second-order valence-corrected chi connectivity index (χ2v) is 20.9. The van der Waals surface area contributed by atoms with E-state index in [2.05, 4.69) is 62.5 Å². The van der Waals surface area contributed by atoms with Gasteiger partial charge >= 0.3 is 11.9 Å². The molecular weight excluding hydrogens is 875 g/mol. The zero-order valence-corrected chi connectivity index (χ0v) is 46.4. The van der Waals surface area contributed by atoms with Crippen molar-refractivity contribution in [3.05, 3.63) is 48.6 Å². The van der Waals surface area contributed by atoms with E-state index in [0.29, 0.717) is 17.4 Å². The fourth-order valence-electron chi connectivity index (χ4n) is 8.24. The van der Waals surface area contributed by atoms with Crippen LogP contribution >= 0.6 is 0 Å². The quantitative estimate of drug-likeness (QED) is 0.0195. The number of carbonyl (C=O) groups is 3. The van der Waals surface area contributed by atoms with Crippen molar-refractivity contribution in [3.8, 4) is 0 Å². The fraction of sp³-hybridized carbons (Fsp3) is 0.820. The first-order valence-electron chi connectivity index (χ1n) is 29.3. The molecule has 0 saturated heterocycles. The van der Waals surface area contributed by atoms with Crippen molar-refractivity contribution in [2.75, 3.05) is 47.5 Å². The van der Waals surface area contributed by atoms with Crippen LogP contribution < -0.4 is 5.11 Å². The molecule has 408 valence electrons. The van der Waals surface area contributed by atoms with Gasteiger partial charge in [-0.2, -0.15) is 0 Å². The highest BCUT2D eigenvalue weighted by atomic mass is 16.7. The fourth-order valence-corrected chi connectivity index (χ4v) is 8.24. The number of rotatable bonds is 54. The molecule has 0 heterocycles. The Balaban J connectivity index is 4.21. The number of nitrogens with zero attached hydrogens (tertiary/aromatic N) is 1. The molecule has 0 aromatic carbocycles. The number of hydrogen-bond acceptors (Lipinski definition) is 8. The molecule has 0 aromatic rings. The van der Waals surface area contributed by atoms with Gasteiger partial charge in [0.1, 0.15) is 13.2 Å². The Morgan fingerprint density at radius 3 is 1.14 bits per heavy atom. The van der Waals surface area contributed by atoms with Crippen molar-refractivity contribution in [2.45, 2.75) is 277 Å². The molecule has 0 N–H and O–H groups in total. The molecule has 0 amide bonds. The molecule has 0 aliphatic heterocycles. The Hall–Kier alpha value is -2.75. The Kier molecular flexibility index (Phi) is 50.5. The van der Waals surface area contributed by atoms with E-state index in [-0.39, 0.29) is 38.6 Å². The van der Waals surface area contributed by atoms with Crippen molar-refractivity contribution >= 4 is 17.9 Å². The van der Waals surface area contributed by atoms with Crippen LogP contribution in [0.4, 0.5) is 0 Å². The normalized spacial score (nSPS) is 13.1. The summed E-state index contributed by atoms with van der Waals surface area (Å²) in [5, 5.41) is 11.8. The van der Waals surface area contributed by atoms with E-state index in [1.165, 1.54) is 173 Å². The first kappa shape index (κ1) is 67.2. The summed E-state index contributed by atoms with van der Waals surface area (Å²) in [7, 11) is 5.92. The molecule has 70 heavy (non-hydrogen) atoms. The van der Waals surface area contributed by atoms with Gasteiger partial charge in [-0.1, -0.05) is 223 Å². The number of hydrogen-bond donors (Lipinski definition) is 0. The summed E-state index contributed by atoms with van der Waals surface area (Å²) >= 11 is 0. The average Bonchev–Trinajstić information content (AvgIpc) is 3.33. The van der Waals surface area contributed by atoms with Crippen LogP contribution in [0.25, 0.3) is 0 Å². The Morgan fingerprint density at radius 2 is 0.771 bits per heavy atom. The molecule has 0 aromatic heterocycles.